The molecule has 1 fully saturated rings. The second-order valence-corrected chi connectivity index (χ2v) is 4.31. The van der Waals surface area contributed by atoms with Crippen LogP contribution in [0.25, 0.3) is 0 Å². The third-order valence-electron chi connectivity index (χ3n) is 2.82. The first-order valence-electron chi connectivity index (χ1n) is 4.86. The third-order valence-corrected chi connectivity index (χ3v) is 3.05. The molecule has 0 bridgehead atoms. The van der Waals surface area contributed by atoms with E-state index < -0.39 is 0 Å². The second-order valence-electron chi connectivity index (χ2n) is 3.87. The van der Waals surface area contributed by atoms with Crippen molar-refractivity contribution in [2.24, 2.45) is 5.73 Å². The summed E-state index contributed by atoms with van der Waals surface area (Å²) in [4.78, 5) is 13.2. The lowest BCUT2D eigenvalue weighted by Crippen LogP contribution is -2.30. The topological polar surface area (TPSA) is 46.3 Å². The minimum Gasteiger partial charge on any atom is -0.337 e. The smallest absolute Gasteiger partial charge is 0.224 e. The van der Waals surface area contributed by atoms with Gasteiger partial charge in [0.25, 0.3) is 0 Å². The van der Waals surface area contributed by atoms with Crippen LogP contribution in [0.15, 0.2) is 24.3 Å². The highest BCUT2D eigenvalue weighted by molar-refractivity contribution is 6.30. The highest BCUT2D eigenvalue weighted by Crippen LogP contribution is 2.31. The summed E-state index contributed by atoms with van der Waals surface area (Å²) in [7, 11) is 1.78. The number of rotatable bonds is 1. The Morgan fingerprint density at radius 2 is 2.27 bits per heavy atom. The molecule has 1 aromatic carbocycles. The van der Waals surface area contributed by atoms with Crippen LogP contribution in [0.2, 0.25) is 5.02 Å². The summed E-state index contributed by atoms with van der Waals surface area (Å²) in [6.07, 6.45) is 0.410. The van der Waals surface area contributed by atoms with Crippen LogP contribution in [0.3, 0.4) is 0 Å². The number of carbonyl (C=O) groups is 1. The summed E-state index contributed by atoms with van der Waals surface area (Å²) in [6.45, 7) is 0. The van der Waals surface area contributed by atoms with Gasteiger partial charge in [-0.1, -0.05) is 23.7 Å². The number of hydrogen-bond acceptors (Lipinski definition) is 2. The molecule has 0 aliphatic carbocycles. The van der Waals surface area contributed by atoms with E-state index >= 15 is 0 Å². The van der Waals surface area contributed by atoms with Crippen LogP contribution in [0.5, 0.6) is 0 Å². The number of halogens is 1. The zero-order valence-corrected chi connectivity index (χ0v) is 9.24. The summed E-state index contributed by atoms with van der Waals surface area (Å²) < 4.78 is 0. The van der Waals surface area contributed by atoms with Crippen molar-refractivity contribution in [3.05, 3.63) is 34.9 Å². The molecule has 0 unspecified atom stereocenters. The first-order valence-corrected chi connectivity index (χ1v) is 5.24. The summed E-state index contributed by atoms with van der Waals surface area (Å²) in [5.41, 5.74) is 6.94. The van der Waals surface area contributed by atoms with Crippen molar-refractivity contribution in [1.29, 1.82) is 0 Å². The molecule has 15 heavy (non-hydrogen) atoms. The van der Waals surface area contributed by atoms with Gasteiger partial charge in [-0.2, -0.15) is 0 Å². The van der Waals surface area contributed by atoms with Crippen molar-refractivity contribution >= 4 is 17.5 Å². The van der Waals surface area contributed by atoms with Gasteiger partial charge in [-0.3, -0.25) is 4.79 Å². The van der Waals surface area contributed by atoms with Crippen molar-refractivity contribution in [2.75, 3.05) is 7.05 Å². The fraction of sp³-hybridized carbons (Fsp3) is 0.364. The Morgan fingerprint density at radius 1 is 1.53 bits per heavy atom. The molecular weight excluding hydrogens is 212 g/mol. The number of likely N-dealkylation sites (tertiary alicyclic amines) is 1. The lowest BCUT2D eigenvalue weighted by Gasteiger charge is -2.23. The molecule has 2 rings (SSSR count). The van der Waals surface area contributed by atoms with Crippen molar-refractivity contribution in [2.45, 2.75) is 18.5 Å². The largest absolute Gasteiger partial charge is 0.337 e. The van der Waals surface area contributed by atoms with Gasteiger partial charge >= 0.3 is 0 Å². The van der Waals surface area contributed by atoms with E-state index in [9.17, 15) is 4.79 Å². The highest BCUT2D eigenvalue weighted by Gasteiger charge is 2.35. The lowest BCUT2D eigenvalue weighted by atomic mass is 10.0. The van der Waals surface area contributed by atoms with E-state index in [1.807, 2.05) is 24.3 Å². The molecule has 1 amide bonds. The summed E-state index contributed by atoms with van der Waals surface area (Å²) >= 11 is 5.91. The monoisotopic (exact) mass is 224 g/mol. The van der Waals surface area contributed by atoms with E-state index in [0.717, 1.165) is 5.56 Å². The number of nitrogens with two attached hydrogens (primary N) is 1. The number of nitrogens with zero attached hydrogens (tertiary/aromatic N) is 1. The average Bonchev–Trinajstić information content (AvgIpc) is 2.41. The minimum absolute atomic E-state index is 0.0452. The van der Waals surface area contributed by atoms with Gasteiger partial charge in [-0.25, -0.2) is 0 Å². The summed E-state index contributed by atoms with van der Waals surface area (Å²) in [6, 6.07) is 7.32. The average molecular weight is 225 g/mol. The lowest BCUT2D eigenvalue weighted by molar-refractivity contribution is -0.127. The Balaban J connectivity index is 2.34. The number of hydrogen-bond donors (Lipinski definition) is 1. The fourth-order valence-corrected chi connectivity index (χ4v) is 2.26. The van der Waals surface area contributed by atoms with Crippen LogP contribution in [-0.4, -0.2) is 23.9 Å². The molecule has 0 aromatic heterocycles. The Bertz CT molecular complexity index is 394. The van der Waals surface area contributed by atoms with Gasteiger partial charge in [0.05, 0.1) is 6.04 Å². The van der Waals surface area contributed by atoms with Crippen LogP contribution in [0.4, 0.5) is 0 Å². The molecule has 3 nitrogen and oxygen atoms in total. The fourth-order valence-electron chi connectivity index (χ4n) is 2.06. The first kappa shape index (κ1) is 10.5. The Labute approximate surface area is 93.8 Å². The predicted octanol–water partition coefficient (Wildman–Crippen LogP) is 1.57. The second kappa shape index (κ2) is 3.83. The summed E-state index contributed by atoms with van der Waals surface area (Å²) in [5.74, 6) is 0.0903. The predicted molar refractivity (Wildman–Crippen MR) is 59.6 cm³/mol. The number of benzene rings is 1. The van der Waals surface area contributed by atoms with Crippen molar-refractivity contribution in [3.63, 3.8) is 0 Å². The number of likely N-dealkylation sites (N-methyl/N-ethyl adjacent to an activating group) is 1. The molecule has 1 heterocycles. The van der Waals surface area contributed by atoms with Gasteiger partial charge < -0.3 is 10.6 Å². The number of amides is 1. The molecule has 0 spiro atoms. The third kappa shape index (κ3) is 1.85. The van der Waals surface area contributed by atoms with E-state index in [1.165, 1.54) is 0 Å². The Morgan fingerprint density at radius 3 is 2.80 bits per heavy atom. The molecule has 2 N–H and O–H groups in total. The maximum Gasteiger partial charge on any atom is 0.224 e. The van der Waals surface area contributed by atoms with E-state index in [2.05, 4.69) is 0 Å². The minimum atomic E-state index is -0.138. The van der Waals surface area contributed by atoms with E-state index in [-0.39, 0.29) is 18.0 Å². The van der Waals surface area contributed by atoms with Gasteiger partial charge in [0.2, 0.25) is 5.91 Å². The van der Waals surface area contributed by atoms with Crippen LogP contribution >= 0.6 is 11.6 Å². The van der Waals surface area contributed by atoms with E-state index in [4.69, 9.17) is 17.3 Å². The van der Waals surface area contributed by atoms with Gasteiger partial charge in [0.15, 0.2) is 0 Å². The van der Waals surface area contributed by atoms with Crippen molar-refractivity contribution in [1.82, 2.24) is 4.90 Å². The molecule has 0 radical (unpaired) electrons. The standard InChI is InChI=1S/C11H13ClN2O/c1-14-10(15)6-9(13)11(14)7-3-2-4-8(12)5-7/h2-5,9,11H,6,13H2,1H3/t9-,11+/m0/s1. The number of carbonyl (C=O) groups excluding carboxylic acids is 1. The van der Waals surface area contributed by atoms with Crippen molar-refractivity contribution in [3.8, 4) is 0 Å². The molecule has 80 valence electrons. The van der Waals surface area contributed by atoms with Crippen LogP contribution in [-0.2, 0) is 4.79 Å². The van der Waals surface area contributed by atoms with Crippen molar-refractivity contribution < 1.29 is 4.79 Å². The molecule has 1 saturated heterocycles. The van der Waals surface area contributed by atoms with Crippen LogP contribution in [0, 0.1) is 0 Å². The van der Waals surface area contributed by atoms with Crippen LogP contribution < -0.4 is 5.73 Å². The molecule has 1 aliphatic heterocycles. The SMILES string of the molecule is CN1C(=O)C[C@H](N)[C@H]1c1cccc(Cl)c1. The van der Waals surface area contributed by atoms with E-state index in [1.54, 1.807) is 11.9 Å². The molecular formula is C11H13ClN2O. The van der Waals surface area contributed by atoms with Gasteiger partial charge in [0.1, 0.15) is 0 Å². The molecule has 1 aromatic rings. The molecule has 4 heteroatoms. The van der Waals surface area contributed by atoms with Gasteiger partial charge in [-0.05, 0) is 17.7 Å². The zero-order chi connectivity index (χ0) is 11.0. The zero-order valence-electron chi connectivity index (χ0n) is 8.48. The van der Waals surface area contributed by atoms with Crippen LogP contribution in [0.1, 0.15) is 18.0 Å². The molecule has 1 aliphatic rings. The summed E-state index contributed by atoms with van der Waals surface area (Å²) in [5, 5.41) is 0.674. The maximum absolute atomic E-state index is 11.5. The molecule has 0 saturated carbocycles. The Hall–Kier alpha value is -1.06. The quantitative estimate of drug-likeness (QED) is 0.787. The maximum atomic E-state index is 11.5. The highest BCUT2D eigenvalue weighted by atomic mass is 35.5. The Kier molecular flexibility index (Phi) is 2.67. The van der Waals surface area contributed by atoms with Gasteiger partial charge in [0, 0.05) is 24.5 Å². The normalized spacial score (nSPS) is 26.1. The molecule has 2 atom stereocenters. The van der Waals surface area contributed by atoms with Gasteiger partial charge in [-0.15, -0.1) is 0 Å². The first-order chi connectivity index (χ1) is 7.09. The van der Waals surface area contributed by atoms with E-state index in [0.29, 0.717) is 11.4 Å².